The molecule has 3 nitrogen and oxygen atoms in total. The molecule has 2 unspecified atom stereocenters. The number of nitrogens with one attached hydrogen (secondary N) is 1. The molecule has 0 heterocycles. The molecule has 0 aliphatic carbocycles. The van der Waals surface area contributed by atoms with Gasteiger partial charge in [-0.1, -0.05) is 6.08 Å². The summed E-state index contributed by atoms with van der Waals surface area (Å²) in [6, 6.07) is 0.879. The molecule has 84 valence electrons. The molecule has 0 rings (SSSR count). The van der Waals surface area contributed by atoms with Crippen LogP contribution in [0.25, 0.3) is 0 Å². The lowest BCUT2D eigenvalue weighted by Gasteiger charge is -2.21. The molecule has 0 bridgehead atoms. The first-order valence-electron chi connectivity index (χ1n) is 5.30. The second-order valence-corrected chi connectivity index (χ2v) is 3.68. The quantitative estimate of drug-likeness (QED) is 0.551. The van der Waals surface area contributed by atoms with Crippen LogP contribution in [-0.2, 0) is 4.74 Å². The van der Waals surface area contributed by atoms with E-state index < -0.39 is 0 Å². The first-order valence-corrected chi connectivity index (χ1v) is 5.30. The highest BCUT2D eigenvalue weighted by Crippen LogP contribution is 2.01. The molecule has 2 atom stereocenters. The van der Waals surface area contributed by atoms with E-state index in [0.717, 1.165) is 32.4 Å². The third-order valence-electron chi connectivity index (χ3n) is 2.17. The van der Waals surface area contributed by atoms with Gasteiger partial charge in [-0.15, -0.1) is 6.58 Å². The summed E-state index contributed by atoms with van der Waals surface area (Å²) in [4.78, 5) is 0. The molecular formula is C11H24N2O. The molecule has 14 heavy (non-hydrogen) atoms. The Labute approximate surface area is 87.7 Å². The van der Waals surface area contributed by atoms with E-state index in [-0.39, 0.29) is 0 Å². The van der Waals surface area contributed by atoms with E-state index in [4.69, 9.17) is 10.5 Å². The Hall–Kier alpha value is -0.380. The number of methoxy groups -OCH3 is 1. The van der Waals surface area contributed by atoms with Gasteiger partial charge >= 0.3 is 0 Å². The summed E-state index contributed by atoms with van der Waals surface area (Å²) < 4.78 is 5.15. The van der Waals surface area contributed by atoms with Crippen LogP contribution in [0.2, 0.25) is 0 Å². The second kappa shape index (κ2) is 9.19. The minimum atomic E-state index is 0.415. The van der Waals surface area contributed by atoms with Crippen LogP contribution in [0.4, 0.5) is 0 Å². The molecular weight excluding hydrogens is 176 g/mol. The standard InChI is InChI=1S/C11H24N2O/c1-4-6-10(2)13-11(9-14-3)7-5-8-12/h4,10-11,13H,1,5-9,12H2,2-3H3. The van der Waals surface area contributed by atoms with E-state index in [1.165, 1.54) is 0 Å². The van der Waals surface area contributed by atoms with E-state index in [9.17, 15) is 0 Å². The van der Waals surface area contributed by atoms with Gasteiger partial charge < -0.3 is 15.8 Å². The van der Waals surface area contributed by atoms with Crippen molar-refractivity contribution in [2.45, 2.75) is 38.3 Å². The Morgan fingerprint density at radius 2 is 2.29 bits per heavy atom. The van der Waals surface area contributed by atoms with Crippen molar-refractivity contribution in [1.82, 2.24) is 5.32 Å². The number of ether oxygens (including phenoxy) is 1. The molecule has 0 aromatic heterocycles. The van der Waals surface area contributed by atoms with E-state index in [2.05, 4.69) is 18.8 Å². The van der Waals surface area contributed by atoms with Crippen LogP contribution in [0, 0.1) is 0 Å². The molecule has 0 fully saturated rings. The van der Waals surface area contributed by atoms with E-state index >= 15 is 0 Å². The summed E-state index contributed by atoms with van der Waals surface area (Å²) in [5.41, 5.74) is 5.48. The number of hydrogen-bond acceptors (Lipinski definition) is 3. The zero-order valence-corrected chi connectivity index (χ0v) is 9.46. The average Bonchev–Trinajstić information content (AvgIpc) is 2.15. The summed E-state index contributed by atoms with van der Waals surface area (Å²) >= 11 is 0. The summed E-state index contributed by atoms with van der Waals surface area (Å²) in [6.07, 6.45) is 5.04. The van der Waals surface area contributed by atoms with Gasteiger partial charge in [-0.25, -0.2) is 0 Å². The van der Waals surface area contributed by atoms with Gasteiger partial charge in [0.1, 0.15) is 0 Å². The largest absolute Gasteiger partial charge is 0.383 e. The van der Waals surface area contributed by atoms with Crippen LogP contribution in [0.15, 0.2) is 12.7 Å². The third kappa shape index (κ3) is 7.06. The molecule has 0 amide bonds. The molecule has 0 aliphatic heterocycles. The van der Waals surface area contributed by atoms with E-state index in [1.807, 2.05) is 6.08 Å². The molecule has 0 saturated heterocycles. The van der Waals surface area contributed by atoms with Crippen molar-refractivity contribution in [3.8, 4) is 0 Å². The lowest BCUT2D eigenvalue weighted by atomic mass is 10.1. The molecule has 0 radical (unpaired) electrons. The Balaban J connectivity index is 3.75. The van der Waals surface area contributed by atoms with Crippen molar-refractivity contribution in [3.05, 3.63) is 12.7 Å². The Bertz CT molecular complexity index is 139. The lowest BCUT2D eigenvalue weighted by molar-refractivity contribution is 0.156. The Morgan fingerprint density at radius 3 is 2.79 bits per heavy atom. The summed E-state index contributed by atoms with van der Waals surface area (Å²) in [5.74, 6) is 0. The van der Waals surface area contributed by atoms with Crippen molar-refractivity contribution < 1.29 is 4.74 Å². The minimum absolute atomic E-state index is 0.415. The smallest absolute Gasteiger partial charge is 0.0615 e. The topological polar surface area (TPSA) is 47.3 Å². The van der Waals surface area contributed by atoms with Crippen molar-refractivity contribution in [2.75, 3.05) is 20.3 Å². The molecule has 0 aromatic rings. The van der Waals surface area contributed by atoms with Crippen LogP contribution in [0.5, 0.6) is 0 Å². The van der Waals surface area contributed by atoms with Crippen molar-refractivity contribution >= 4 is 0 Å². The molecule has 3 heteroatoms. The molecule has 0 saturated carbocycles. The van der Waals surface area contributed by atoms with Gasteiger partial charge in [0.15, 0.2) is 0 Å². The fourth-order valence-electron chi connectivity index (χ4n) is 1.50. The van der Waals surface area contributed by atoms with E-state index in [0.29, 0.717) is 12.1 Å². The fraction of sp³-hybridized carbons (Fsp3) is 0.818. The fourth-order valence-corrected chi connectivity index (χ4v) is 1.50. The first kappa shape index (κ1) is 13.6. The molecule has 0 spiro atoms. The van der Waals surface area contributed by atoms with Crippen LogP contribution < -0.4 is 11.1 Å². The number of nitrogens with two attached hydrogens (primary N) is 1. The predicted octanol–water partition coefficient (Wildman–Crippen LogP) is 1.29. The molecule has 3 N–H and O–H groups in total. The van der Waals surface area contributed by atoms with Gasteiger partial charge in [0.2, 0.25) is 0 Å². The van der Waals surface area contributed by atoms with Crippen molar-refractivity contribution in [2.24, 2.45) is 5.73 Å². The van der Waals surface area contributed by atoms with Crippen molar-refractivity contribution in [1.29, 1.82) is 0 Å². The van der Waals surface area contributed by atoms with Gasteiger partial charge in [-0.05, 0) is 32.7 Å². The van der Waals surface area contributed by atoms with E-state index in [1.54, 1.807) is 7.11 Å². The average molecular weight is 200 g/mol. The second-order valence-electron chi connectivity index (χ2n) is 3.68. The SMILES string of the molecule is C=CCC(C)NC(CCCN)COC. The maximum Gasteiger partial charge on any atom is 0.0615 e. The van der Waals surface area contributed by atoms with Gasteiger partial charge in [-0.3, -0.25) is 0 Å². The minimum Gasteiger partial charge on any atom is -0.383 e. The number of rotatable bonds is 9. The highest BCUT2D eigenvalue weighted by molar-refractivity contribution is 4.78. The maximum atomic E-state index is 5.48. The third-order valence-corrected chi connectivity index (χ3v) is 2.17. The predicted molar refractivity (Wildman–Crippen MR) is 61.4 cm³/mol. The van der Waals surface area contributed by atoms with Crippen LogP contribution in [-0.4, -0.2) is 32.3 Å². The zero-order valence-electron chi connectivity index (χ0n) is 9.46. The van der Waals surface area contributed by atoms with Gasteiger partial charge in [-0.2, -0.15) is 0 Å². The van der Waals surface area contributed by atoms with Gasteiger partial charge in [0.25, 0.3) is 0 Å². The van der Waals surface area contributed by atoms with Crippen LogP contribution in [0.3, 0.4) is 0 Å². The number of hydrogen-bond donors (Lipinski definition) is 2. The highest BCUT2D eigenvalue weighted by Gasteiger charge is 2.10. The van der Waals surface area contributed by atoms with Crippen LogP contribution in [0.1, 0.15) is 26.2 Å². The normalized spacial score (nSPS) is 15.1. The monoisotopic (exact) mass is 200 g/mol. The van der Waals surface area contributed by atoms with Gasteiger partial charge in [0, 0.05) is 19.2 Å². The Morgan fingerprint density at radius 1 is 1.57 bits per heavy atom. The summed E-state index contributed by atoms with van der Waals surface area (Å²) in [7, 11) is 1.73. The maximum absolute atomic E-state index is 5.48. The summed E-state index contributed by atoms with van der Waals surface area (Å²) in [6.45, 7) is 7.38. The molecule has 0 aliphatic rings. The van der Waals surface area contributed by atoms with Crippen molar-refractivity contribution in [3.63, 3.8) is 0 Å². The van der Waals surface area contributed by atoms with Crippen LogP contribution >= 0.6 is 0 Å². The Kier molecular flexibility index (Phi) is 8.94. The summed E-state index contributed by atoms with van der Waals surface area (Å²) in [5, 5.41) is 3.50. The molecule has 0 aromatic carbocycles. The first-order chi connectivity index (χ1) is 6.74. The lowest BCUT2D eigenvalue weighted by Crippen LogP contribution is -2.39. The zero-order chi connectivity index (χ0) is 10.8. The van der Waals surface area contributed by atoms with Gasteiger partial charge in [0.05, 0.1) is 6.61 Å². The highest BCUT2D eigenvalue weighted by atomic mass is 16.5.